The highest BCUT2D eigenvalue weighted by molar-refractivity contribution is 5.49. The number of phenols is 1. The van der Waals surface area contributed by atoms with Crippen LogP contribution in [0.4, 0.5) is 5.69 Å². The van der Waals surface area contributed by atoms with Crippen LogP contribution in [0.15, 0.2) is 24.3 Å². The van der Waals surface area contributed by atoms with E-state index in [9.17, 15) is 10.2 Å². The third-order valence-electron chi connectivity index (χ3n) is 3.76. The fraction of sp³-hybridized carbons (Fsp3) is 0.647. The van der Waals surface area contributed by atoms with E-state index in [1.165, 1.54) is 0 Å². The molecule has 1 aliphatic heterocycles. The Hall–Kier alpha value is -1.30. The van der Waals surface area contributed by atoms with Crippen LogP contribution < -0.4 is 4.90 Å². The van der Waals surface area contributed by atoms with Gasteiger partial charge in [0.25, 0.3) is 0 Å². The molecule has 0 spiro atoms. The highest BCUT2D eigenvalue weighted by atomic mass is 16.5. The van der Waals surface area contributed by atoms with Crippen LogP contribution in [0.3, 0.4) is 0 Å². The maximum Gasteiger partial charge on any atom is 0.115 e. The molecule has 0 saturated carbocycles. The molecule has 0 bridgehead atoms. The van der Waals surface area contributed by atoms with Gasteiger partial charge in [0.1, 0.15) is 5.75 Å². The minimum Gasteiger partial charge on any atom is -0.508 e. The molecule has 1 saturated heterocycles. The number of nitrogens with zero attached hydrogens (tertiary/aromatic N) is 2. The second-order valence-corrected chi connectivity index (χ2v) is 6.88. The molecule has 0 aliphatic carbocycles. The summed E-state index contributed by atoms with van der Waals surface area (Å²) in [7, 11) is 0. The Bertz CT molecular complexity index is 448. The number of aliphatic hydroxyl groups is 1. The molecule has 5 heteroatoms. The maximum atomic E-state index is 10.1. The fourth-order valence-corrected chi connectivity index (χ4v) is 2.55. The van der Waals surface area contributed by atoms with E-state index in [0.29, 0.717) is 18.9 Å². The highest BCUT2D eigenvalue weighted by Crippen LogP contribution is 2.19. The van der Waals surface area contributed by atoms with Gasteiger partial charge in [0.05, 0.1) is 18.3 Å². The first-order chi connectivity index (χ1) is 10.3. The summed E-state index contributed by atoms with van der Waals surface area (Å²) in [6, 6.07) is 7.32. The van der Waals surface area contributed by atoms with Crippen LogP contribution in [-0.4, -0.2) is 66.1 Å². The van der Waals surface area contributed by atoms with E-state index >= 15 is 0 Å². The Balaban J connectivity index is 1.74. The quantitative estimate of drug-likeness (QED) is 0.867. The molecule has 1 aromatic carbocycles. The zero-order valence-corrected chi connectivity index (χ0v) is 13.8. The van der Waals surface area contributed by atoms with Crippen molar-refractivity contribution in [1.82, 2.24) is 4.90 Å². The smallest absolute Gasteiger partial charge is 0.115 e. The molecular formula is C17H28N2O3. The van der Waals surface area contributed by atoms with E-state index in [4.69, 9.17) is 4.74 Å². The summed E-state index contributed by atoms with van der Waals surface area (Å²) < 4.78 is 5.62. The molecule has 2 N–H and O–H groups in total. The second kappa shape index (κ2) is 7.31. The lowest BCUT2D eigenvalue weighted by atomic mass is 10.2. The van der Waals surface area contributed by atoms with Crippen LogP contribution >= 0.6 is 0 Å². The van der Waals surface area contributed by atoms with Crippen molar-refractivity contribution in [2.24, 2.45) is 0 Å². The van der Waals surface area contributed by atoms with Gasteiger partial charge in [0, 0.05) is 38.4 Å². The van der Waals surface area contributed by atoms with Gasteiger partial charge < -0.3 is 19.8 Å². The van der Waals surface area contributed by atoms with Crippen LogP contribution in [-0.2, 0) is 4.74 Å². The molecule has 2 rings (SSSR count). The summed E-state index contributed by atoms with van der Waals surface area (Å²) in [5, 5.41) is 19.4. The molecule has 1 aliphatic rings. The molecule has 0 amide bonds. The van der Waals surface area contributed by atoms with Crippen LogP contribution in [0.5, 0.6) is 5.75 Å². The van der Waals surface area contributed by atoms with Crippen molar-refractivity contribution in [3.8, 4) is 5.75 Å². The lowest BCUT2D eigenvalue weighted by molar-refractivity contribution is -0.0563. The molecule has 1 aromatic rings. The summed E-state index contributed by atoms with van der Waals surface area (Å²) in [5.41, 5.74) is 0.924. The Morgan fingerprint density at radius 1 is 1.09 bits per heavy atom. The molecule has 0 aromatic heterocycles. The van der Waals surface area contributed by atoms with Crippen molar-refractivity contribution in [1.29, 1.82) is 0 Å². The van der Waals surface area contributed by atoms with E-state index in [-0.39, 0.29) is 5.60 Å². The van der Waals surface area contributed by atoms with Crippen molar-refractivity contribution in [2.45, 2.75) is 32.5 Å². The largest absolute Gasteiger partial charge is 0.508 e. The zero-order chi connectivity index (χ0) is 16.2. The molecule has 22 heavy (non-hydrogen) atoms. The standard InChI is InChI=1S/C17H28N2O3/c1-17(2,3)22-13-16(21)12-18-8-10-19(11-9-18)14-4-6-15(20)7-5-14/h4-7,16,20-21H,8-13H2,1-3H3. The summed E-state index contributed by atoms with van der Waals surface area (Å²) >= 11 is 0. The number of benzene rings is 1. The van der Waals surface area contributed by atoms with Crippen molar-refractivity contribution in [2.75, 3.05) is 44.2 Å². The number of phenolic OH excluding ortho intramolecular Hbond substituents is 1. The van der Waals surface area contributed by atoms with E-state index in [1.807, 2.05) is 32.9 Å². The lowest BCUT2D eigenvalue weighted by Crippen LogP contribution is -2.49. The maximum absolute atomic E-state index is 10.1. The van der Waals surface area contributed by atoms with E-state index < -0.39 is 6.10 Å². The third kappa shape index (κ3) is 5.48. The average Bonchev–Trinajstić information content (AvgIpc) is 2.46. The van der Waals surface area contributed by atoms with Gasteiger partial charge in [0.15, 0.2) is 0 Å². The van der Waals surface area contributed by atoms with Gasteiger partial charge >= 0.3 is 0 Å². The topological polar surface area (TPSA) is 56.2 Å². The molecule has 0 radical (unpaired) electrons. The molecule has 1 fully saturated rings. The molecule has 1 atom stereocenters. The van der Waals surface area contributed by atoms with E-state index in [0.717, 1.165) is 31.9 Å². The van der Waals surface area contributed by atoms with Gasteiger partial charge in [-0.15, -0.1) is 0 Å². The predicted molar refractivity (Wildman–Crippen MR) is 88.5 cm³/mol. The lowest BCUT2D eigenvalue weighted by Gasteiger charge is -2.37. The highest BCUT2D eigenvalue weighted by Gasteiger charge is 2.21. The van der Waals surface area contributed by atoms with Gasteiger partial charge in [0.2, 0.25) is 0 Å². The Labute approximate surface area is 133 Å². The Morgan fingerprint density at radius 3 is 2.23 bits per heavy atom. The minimum atomic E-state index is -0.445. The summed E-state index contributed by atoms with van der Waals surface area (Å²) in [6.07, 6.45) is -0.445. The summed E-state index contributed by atoms with van der Waals surface area (Å²) in [5.74, 6) is 0.296. The minimum absolute atomic E-state index is 0.210. The average molecular weight is 308 g/mol. The van der Waals surface area contributed by atoms with Gasteiger partial charge in [-0.25, -0.2) is 0 Å². The number of hydrogen-bond acceptors (Lipinski definition) is 5. The van der Waals surface area contributed by atoms with Gasteiger partial charge in [-0.05, 0) is 45.0 Å². The van der Waals surface area contributed by atoms with Crippen LogP contribution in [0.1, 0.15) is 20.8 Å². The van der Waals surface area contributed by atoms with Crippen LogP contribution in [0.25, 0.3) is 0 Å². The summed E-state index contributed by atoms with van der Waals surface area (Å²) in [6.45, 7) is 10.7. The second-order valence-electron chi connectivity index (χ2n) is 6.88. The zero-order valence-electron chi connectivity index (χ0n) is 13.8. The van der Waals surface area contributed by atoms with Gasteiger partial charge in [-0.1, -0.05) is 0 Å². The molecule has 1 unspecified atom stereocenters. The number of piperazine rings is 1. The Morgan fingerprint density at radius 2 is 1.68 bits per heavy atom. The predicted octanol–water partition coefficient (Wildman–Crippen LogP) is 1.69. The first-order valence-electron chi connectivity index (χ1n) is 7.92. The molecule has 1 heterocycles. The number of rotatable bonds is 5. The number of aromatic hydroxyl groups is 1. The monoisotopic (exact) mass is 308 g/mol. The van der Waals surface area contributed by atoms with Crippen LogP contribution in [0, 0.1) is 0 Å². The number of anilines is 1. The number of aliphatic hydroxyl groups excluding tert-OH is 1. The van der Waals surface area contributed by atoms with Crippen molar-refractivity contribution in [3.63, 3.8) is 0 Å². The van der Waals surface area contributed by atoms with Gasteiger partial charge in [-0.3, -0.25) is 4.90 Å². The van der Waals surface area contributed by atoms with Crippen molar-refractivity contribution >= 4 is 5.69 Å². The van der Waals surface area contributed by atoms with Gasteiger partial charge in [-0.2, -0.15) is 0 Å². The van der Waals surface area contributed by atoms with Crippen molar-refractivity contribution in [3.05, 3.63) is 24.3 Å². The number of hydrogen-bond donors (Lipinski definition) is 2. The number of ether oxygens (including phenoxy) is 1. The van der Waals surface area contributed by atoms with E-state index in [2.05, 4.69) is 9.80 Å². The fourth-order valence-electron chi connectivity index (χ4n) is 2.55. The van der Waals surface area contributed by atoms with E-state index in [1.54, 1.807) is 12.1 Å². The molecule has 124 valence electrons. The number of β-amino-alcohol motifs (C(OH)–C–C–N with tert-alkyl or cyclic N) is 1. The molecule has 5 nitrogen and oxygen atoms in total. The SMILES string of the molecule is CC(C)(C)OCC(O)CN1CCN(c2ccc(O)cc2)CC1. The first-order valence-corrected chi connectivity index (χ1v) is 7.92. The first kappa shape index (κ1) is 17.1. The normalized spacial score (nSPS) is 18.5. The third-order valence-corrected chi connectivity index (χ3v) is 3.76. The summed E-state index contributed by atoms with van der Waals surface area (Å²) in [4.78, 5) is 4.57. The Kier molecular flexibility index (Phi) is 5.67. The molecular weight excluding hydrogens is 280 g/mol. The van der Waals surface area contributed by atoms with Crippen LogP contribution in [0.2, 0.25) is 0 Å². The van der Waals surface area contributed by atoms with Crippen molar-refractivity contribution < 1.29 is 14.9 Å².